The molecule has 4 heterocycles. The first-order valence-electron chi connectivity index (χ1n) is 38.9. The number of aliphatic hydroxyl groups is 1. The van der Waals surface area contributed by atoms with Gasteiger partial charge in [-0.1, -0.05) is 121 Å². The lowest BCUT2D eigenvalue weighted by atomic mass is 9.63. The summed E-state index contributed by atoms with van der Waals surface area (Å²) in [7, 11) is 0. The number of nitrogens with one attached hydrogen (secondary N) is 1. The summed E-state index contributed by atoms with van der Waals surface area (Å²) in [5, 5.41) is 33.3. The summed E-state index contributed by atoms with van der Waals surface area (Å²) < 4.78 is 89.5. The Morgan fingerprint density at radius 1 is 0.482 bits per heavy atom. The van der Waals surface area contributed by atoms with E-state index in [1.807, 2.05) is 79.4 Å². The summed E-state index contributed by atoms with van der Waals surface area (Å²) in [6, 6.07) is 40.1. The third-order valence-electron chi connectivity index (χ3n) is 23.2. The van der Waals surface area contributed by atoms with E-state index in [9.17, 15) is 55.7 Å². The Balaban J connectivity index is 0.000000158. The molecule has 24 heteroatoms. The van der Waals surface area contributed by atoms with Gasteiger partial charge in [0.15, 0.2) is 0 Å². The minimum Gasteiger partial charge on any atom is -0.508 e. The molecule has 8 fully saturated rings. The van der Waals surface area contributed by atoms with Gasteiger partial charge in [-0.3, -0.25) is 19.2 Å². The van der Waals surface area contributed by atoms with E-state index in [1.165, 1.54) is 81.2 Å². The third-order valence-corrected chi connectivity index (χ3v) is 24.2. The van der Waals surface area contributed by atoms with Gasteiger partial charge in [-0.05, 0) is 261 Å². The van der Waals surface area contributed by atoms with E-state index < -0.39 is 40.3 Å². The number of carboxylic acids is 1. The molecule has 110 heavy (non-hydrogen) atoms. The lowest BCUT2D eigenvalue weighted by Crippen LogP contribution is -2.54. The number of benzene rings is 6. The molecule has 6 aromatic carbocycles. The normalized spacial score (nSPS) is 21.6. The molecule has 4 saturated carbocycles. The second-order valence-electron chi connectivity index (χ2n) is 30.7. The van der Waals surface area contributed by atoms with Crippen molar-refractivity contribution in [2.75, 3.05) is 91.9 Å². The van der Waals surface area contributed by atoms with Crippen LogP contribution >= 0.6 is 46.4 Å². The number of aromatic hydroxyl groups is 1. The van der Waals surface area contributed by atoms with Crippen molar-refractivity contribution in [2.45, 2.75) is 176 Å². The van der Waals surface area contributed by atoms with E-state index in [-0.39, 0.29) is 40.8 Å². The lowest BCUT2D eigenvalue weighted by Gasteiger charge is -2.47. The summed E-state index contributed by atoms with van der Waals surface area (Å²) in [5.41, 5.74) is 2.83. The fourth-order valence-corrected chi connectivity index (χ4v) is 16.8. The third kappa shape index (κ3) is 24.0. The Kier molecular flexibility index (Phi) is 32.5. The van der Waals surface area contributed by atoms with Gasteiger partial charge >= 0.3 is 30.3 Å². The summed E-state index contributed by atoms with van der Waals surface area (Å²) in [6.07, 6.45) is 12.5. The second kappa shape index (κ2) is 40.9. The van der Waals surface area contributed by atoms with Crippen LogP contribution in [0, 0.1) is 23.7 Å². The molecule has 0 aromatic heterocycles. The molecule has 0 spiro atoms. The molecule has 0 bridgehead atoms. The Morgan fingerprint density at radius 3 is 1.27 bits per heavy atom. The van der Waals surface area contributed by atoms with Gasteiger partial charge in [-0.15, -0.1) is 0 Å². The number of alkyl halides is 6. The van der Waals surface area contributed by atoms with E-state index in [4.69, 9.17) is 65.7 Å². The standard InChI is InChI=1S/C24H27ClF3NO.C19H24ClNO3.C17H24ClNO.C11H11ClO2.C8H15NO2.C7H5F3O/c25-21-8-4-19(5-9-21)23(12-2-13-23)17-29-14-1-3-18(15-29)16-30-22-10-6-20(7-11-22)24(26,27)28;1-2-24-17(22)14-5-3-12-21(13-14)18(23)19(10-4-11-19)15-6-8-16(20)9-7-15;18-16-6-4-15(5-7-16)17(8-2-9-17)13-19-10-1-3-14(11-19)12-20;12-9-4-2-8(3-5-9)11(10(13)14)6-1-7-11;1-2-11-8(10)7-4-3-5-9-6-7;8-7(9,10)5-1-3-6(11)4-2-5/h4-11,18H,1-3,12-17H2;6-9,14H,2-5,10-13H2,1H3;4-7,14,20H,1-3,8-13H2;2-5H,1,6-7H2,(H,13,14);7,9H,2-6H2,1H3;1-4,11H/t18-;2*14-;;7-;/m000.0./s1. The van der Waals surface area contributed by atoms with Gasteiger partial charge in [0.05, 0.1) is 53.6 Å². The largest absolute Gasteiger partial charge is 0.508 e. The van der Waals surface area contributed by atoms with Crippen LogP contribution in [0.3, 0.4) is 0 Å². The van der Waals surface area contributed by atoms with Gasteiger partial charge in [-0.25, -0.2) is 0 Å². The molecule has 0 unspecified atom stereocenters. The quantitative estimate of drug-likeness (QED) is 0.0472. The maximum absolute atomic E-state index is 13.3. The Morgan fingerprint density at radius 2 is 0.882 bits per heavy atom. The number of piperidine rings is 4. The zero-order chi connectivity index (χ0) is 79.1. The van der Waals surface area contributed by atoms with Crippen LogP contribution in [0.1, 0.15) is 176 Å². The number of carbonyl (C=O) groups excluding carboxylic acids is 3. The van der Waals surface area contributed by atoms with E-state index in [2.05, 4.69) is 39.4 Å². The van der Waals surface area contributed by atoms with Gasteiger partial charge in [-0.2, -0.15) is 26.3 Å². The molecule has 4 N–H and O–H groups in total. The summed E-state index contributed by atoms with van der Waals surface area (Å²) in [6.45, 7) is 14.9. The first-order chi connectivity index (χ1) is 52.6. The monoisotopic (exact) mass is 1610 g/mol. The summed E-state index contributed by atoms with van der Waals surface area (Å²) >= 11 is 23.8. The highest BCUT2D eigenvalue weighted by molar-refractivity contribution is 6.31. The highest BCUT2D eigenvalue weighted by Crippen LogP contribution is 2.49. The fourth-order valence-electron chi connectivity index (χ4n) is 16.3. The van der Waals surface area contributed by atoms with Crippen LogP contribution in [0.2, 0.25) is 20.1 Å². The number of carbonyl (C=O) groups is 4. The maximum Gasteiger partial charge on any atom is 0.416 e. The average Bonchev–Trinajstić information content (AvgIpc) is 0.763. The van der Waals surface area contributed by atoms with Crippen LogP contribution < -0.4 is 10.1 Å². The van der Waals surface area contributed by atoms with E-state index in [1.54, 1.807) is 12.1 Å². The number of halogens is 10. The van der Waals surface area contributed by atoms with E-state index in [0.717, 1.165) is 187 Å². The zero-order valence-corrected chi connectivity index (χ0v) is 66.1. The van der Waals surface area contributed by atoms with Crippen molar-refractivity contribution in [1.29, 1.82) is 0 Å². The smallest absolute Gasteiger partial charge is 0.416 e. The number of ether oxygens (including phenoxy) is 3. The van der Waals surface area contributed by atoms with Crippen LogP contribution in [-0.4, -0.2) is 146 Å². The number of rotatable bonds is 18. The number of carboxylic acid groups (broad SMARTS) is 1. The topological polar surface area (TPSA) is 178 Å². The van der Waals surface area contributed by atoms with E-state index in [0.29, 0.717) is 66.0 Å². The molecule has 8 aliphatic rings. The number of aliphatic carboxylic acids is 1. The van der Waals surface area contributed by atoms with Crippen molar-refractivity contribution in [3.63, 3.8) is 0 Å². The molecular formula is C86H106Cl4F6N4O10. The Labute approximate surface area is 663 Å². The number of amides is 1. The second-order valence-corrected chi connectivity index (χ2v) is 32.4. The fraction of sp³-hybridized carbons (Fsp3) is 0.535. The molecule has 0 radical (unpaired) electrons. The van der Waals surface area contributed by atoms with Crippen molar-refractivity contribution in [1.82, 2.24) is 20.0 Å². The Hall–Kier alpha value is -6.62. The molecule has 600 valence electrons. The minimum atomic E-state index is -4.33. The predicted octanol–water partition coefficient (Wildman–Crippen LogP) is 19.4. The number of phenolic OH excluding ortho intramolecular Hbond substituents is 1. The summed E-state index contributed by atoms with van der Waals surface area (Å²) in [4.78, 5) is 54.6. The number of likely N-dealkylation sites (tertiary alicyclic amines) is 3. The van der Waals surface area contributed by atoms with Gasteiger partial charge < -0.3 is 49.5 Å². The number of phenols is 1. The number of nitrogens with zero attached hydrogens (tertiary/aromatic N) is 3. The Bertz CT molecular complexity index is 3840. The van der Waals surface area contributed by atoms with Crippen LogP contribution in [0.5, 0.6) is 11.5 Å². The van der Waals surface area contributed by atoms with Gasteiger partial charge in [0, 0.05) is 89.3 Å². The van der Waals surface area contributed by atoms with Gasteiger partial charge in [0.2, 0.25) is 5.91 Å². The molecule has 4 aliphatic heterocycles. The average molecular weight is 1610 g/mol. The van der Waals surface area contributed by atoms with Crippen molar-refractivity contribution < 1.29 is 75.1 Å². The van der Waals surface area contributed by atoms with Crippen LogP contribution in [0.15, 0.2) is 146 Å². The van der Waals surface area contributed by atoms with Crippen molar-refractivity contribution in [2.24, 2.45) is 23.7 Å². The first kappa shape index (κ1) is 87.3. The van der Waals surface area contributed by atoms with Crippen molar-refractivity contribution in [3.05, 3.63) is 199 Å². The van der Waals surface area contributed by atoms with Gasteiger partial charge in [0.1, 0.15) is 11.5 Å². The summed E-state index contributed by atoms with van der Waals surface area (Å²) in [5.74, 6) is 0.331. The van der Waals surface area contributed by atoms with Crippen LogP contribution in [0.4, 0.5) is 26.3 Å². The molecule has 1 amide bonds. The molecule has 4 aliphatic carbocycles. The minimum absolute atomic E-state index is 0.0419. The SMILES string of the molecule is CCOC(=O)[C@H]1CCCN(C(=O)C2(c3ccc(Cl)cc3)CCC2)C1.CCOC(=O)[C@H]1CCCNC1.FC(F)(F)c1ccc(OC[C@H]2CCCN(CC3(c4ccc(Cl)cc4)CCC3)C2)cc1.O=C(O)C1(c2ccc(Cl)cc2)CCC1.OC[C@H]1CCCN(CC2(c3ccc(Cl)cc3)CCC2)C1.Oc1ccc(C(F)(F)F)cc1. The first-order valence-corrected chi connectivity index (χ1v) is 40.5. The highest BCUT2D eigenvalue weighted by atomic mass is 35.5. The van der Waals surface area contributed by atoms with Crippen LogP contribution in [-0.2, 0) is 62.7 Å². The molecule has 6 aromatic rings. The zero-order valence-electron chi connectivity index (χ0n) is 63.0. The van der Waals surface area contributed by atoms with Crippen molar-refractivity contribution in [3.8, 4) is 11.5 Å². The number of aliphatic hydroxyl groups excluding tert-OH is 1. The van der Waals surface area contributed by atoms with Crippen molar-refractivity contribution >= 4 is 70.2 Å². The molecule has 14 nitrogen and oxygen atoms in total. The predicted molar refractivity (Wildman–Crippen MR) is 419 cm³/mol. The number of hydrogen-bond acceptors (Lipinski definition) is 12. The number of hydrogen-bond donors (Lipinski definition) is 4. The molecule has 4 saturated heterocycles. The number of esters is 2. The lowest BCUT2D eigenvalue weighted by molar-refractivity contribution is -0.153. The van der Waals surface area contributed by atoms with Gasteiger partial charge in [0.25, 0.3) is 0 Å². The van der Waals surface area contributed by atoms with Crippen LogP contribution in [0.25, 0.3) is 0 Å². The van der Waals surface area contributed by atoms with E-state index >= 15 is 0 Å². The molecule has 14 rings (SSSR count). The molecular weight excluding hydrogens is 1500 g/mol. The molecule has 4 atom stereocenters. The highest BCUT2D eigenvalue weighted by Gasteiger charge is 2.50. The maximum atomic E-state index is 13.3.